The van der Waals surface area contributed by atoms with Gasteiger partial charge in [-0.15, -0.1) is 0 Å². The van der Waals surface area contributed by atoms with Crippen LogP contribution in [-0.4, -0.2) is 34.7 Å². The molecule has 0 radical (unpaired) electrons. The monoisotopic (exact) mass is 169 g/mol. The molecule has 2 heterocycles. The first-order valence-electron chi connectivity index (χ1n) is 5.09. The lowest BCUT2D eigenvalue weighted by atomic mass is 9.78. The van der Waals surface area contributed by atoms with Crippen LogP contribution in [-0.2, 0) is 0 Å². The van der Waals surface area contributed by atoms with Gasteiger partial charge in [0.05, 0.1) is 5.60 Å². The Morgan fingerprint density at radius 1 is 1.33 bits per heavy atom. The predicted octanol–water partition coefficient (Wildman–Crippen LogP) is 1.24. The van der Waals surface area contributed by atoms with Crippen molar-refractivity contribution in [1.82, 2.24) is 4.90 Å². The average Bonchev–Trinajstić information content (AvgIpc) is 2.46. The van der Waals surface area contributed by atoms with Crippen molar-refractivity contribution in [2.45, 2.75) is 44.8 Å². The molecule has 1 N–H and O–H groups in total. The molecule has 3 atom stereocenters. The van der Waals surface area contributed by atoms with Crippen LogP contribution in [0.1, 0.15) is 33.1 Å². The molecule has 2 aliphatic rings. The summed E-state index contributed by atoms with van der Waals surface area (Å²) in [4.78, 5) is 2.46. The maximum atomic E-state index is 10.3. The summed E-state index contributed by atoms with van der Waals surface area (Å²) in [5.74, 6) is 0.469. The van der Waals surface area contributed by atoms with Gasteiger partial charge in [0, 0.05) is 6.04 Å². The predicted molar refractivity (Wildman–Crippen MR) is 49.0 cm³/mol. The molecule has 70 valence electrons. The molecule has 0 bridgehead atoms. The minimum Gasteiger partial charge on any atom is -0.388 e. The van der Waals surface area contributed by atoms with Crippen LogP contribution < -0.4 is 0 Å². The second kappa shape index (κ2) is 2.71. The zero-order valence-electron chi connectivity index (χ0n) is 8.08. The highest BCUT2D eigenvalue weighted by atomic mass is 16.3. The molecule has 0 aromatic carbocycles. The van der Waals surface area contributed by atoms with E-state index in [-0.39, 0.29) is 0 Å². The van der Waals surface area contributed by atoms with Gasteiger partial charge < -0.3 is 5.11 Å². The van der Waals surface area contributed by atoms with E-state index in [0.29, 0.717) is 12.0 Å². The molecule has 0 aliphatic carbocycles. The van der Waals surface area contributed by atoms with E-state index in [1.807, 2.05) is 6.92 Å². The maximum Gasteiger partial charge on any atom is 0.0800 e. The molecule has 2 fully saturated rings. The zero-order chi connectivity index (χ0) is 8.77. The summed E-state index contributed by atoms with van der Waals surface area (Å²) in [7, 11) is 0. The van der Waals surface area contributed by atoms with Crippen LogP contribution in [0, 0.1) is 5.92 Å². The highest BCUT2D eigenvalue weighted by Gasteiger charge is 2.45. The number of piperidine rings is 1. The van der Waals surface area contributed by atoms with Crippen LogP contribution in [0.2, 0.25) is 0 Å². The van der Waals surface area contributed by atoms with Gasteiger partial charge in [-0.1, -0.05) is 6.92 Å². The SMILES string of the molecule is C[C@@H]1CCN2CCC[C@@H]2[C@@]1(C)O. The van der Waals surface area contributed by atoms with Crippen molar-refractivity contribution in [3.8, 4) is 0 Å². The minimum atomic E-state index is -0.436. The third kappa shape index (κ3) is 1.09. The highest BCUT2D eigenvalue weighted by molar-refractivity contribution is 5.00. The molecule has 2 nitrogen and oxygen atoms in total. The Kier molecular flexibility index (Phi) is 1.92. The Morgan fingerprint density at radius 3 is 2.83 bits per heavy atom. The van der Waals surface area contributed by atoms with E-state index < -0.39 is 5.60 Å². The Labute approximate surface area is 74.6 Å². The molecule has 0 unspecified atom stereocenters. The lowest BCUT2D eigenvalue weighted by Crippen LogP contribution is -2.56. The summed E-state index contributed by atoms with van der Waals surface area (Å²) in [6, 6.07) is 0.446. The standard InChI is InChI=1S/C10H19NO/c1-8-5-7-11-6-3-4-9(11)10(8,2)12/h8-9,12H,3-7H2,1-2H3/t8-,9-,10+/m1/s1. The number of hydrogen-bond donors (Lipinski definition) is 1. The second-order valence-electron chi connectivity index (χ2n) is 4.61. The Balaban J connectivity index is 2.18. The first-order chi connectivity index (χ1) is 5.62. The van der Waals surface area contributed by atoms with E-state index in [9.17, 15) is 5.11 Å². The molecule has 2 rings (SSSR count). The van der Waals surface area contributed by atoms with Crippen molar-refractivity contribution in [2.75, 3.05) is 13.1 Å². The second-order valence-corrected chi connectivity index (χ2v) is 4.61. The Morgan fingerprint density at radius 2 is 2.08 bits per heavy atom. The van der Waals surface area contributed by atoms with Crippen LogP contribution in [0.25, 0.3) is 0 Å². The average molecular weight is 169 g/mol. The van der Waals surface area contributed by atoms with Crippen LogP contribution in [0.3, 0.4) is 0 Å². The van der Waals surface area contributed by atoms with Gasteiger partial charge in [0.25, 0.3) is 0 Å². The van der Waals surface area contributed by atoms with E-state index in [4.69, 9.17) is 0 Å². The molecular weight excluding hydrogens is 150 g/mol. The van der Waals surface area contributed by atoms with Crippen molar-refractivity contribution in [3.05, 3.63) is 0 Å². The molecule has 0 spiro atoms. The van der Waals surface area contributed by atoms with Gasteiger partial charge in [-0.05, 0) is 45.2 Å². The fraction of sp³-hybridized carbons (Fsp3) is 1.00. The van der Waals surface area contributed by atoms with Crippen molar-refractivity contribution in [3.63, 3.8) is 0 Å². The number of rotatable bonds is 0. The van der Waals surface area contributed by atoms with Crippen molar-refractivity contribution in [1.29, 1.82) is 0 Å². The van der Waals surface area contributed by atoms with Gasteiger partial charge in [-0.25, -0.2) is 0 Å². The number of fused-ring (bicyclic) bond motifs is 1. The van der Waals surface area contributed by atoms with E-state index in [1.165, 1.54) is 25.9 Å². The first kappa shape index (κ1) is 8.52. The maximum absolute atomic E-state index is 10.3. The summed E-state index contributed by atoms with van der Waals surface area (Å²) >= 11 is 0. The first-order valence-corrected chi connectivity index (χ1v) is 5.09. The summed E-state index contributed by atoms with van der Waals surface area (Å²) in [5.41, 5.74) is -0.436. The van der Waals surface area contributed by atoms with E-state index in [0.717, 1.165) is 6.42 Å². The molecule has 2 saturated heterocycles. The molecule has 0 aromatic rings. The molecule has 0 aromatic heterocycles. The van der Waals surface area contributed by atoms with Gasteiger partial charge in [0.2, 0.25) is 0 Å². The van der Waals surface area contributed by atoms with Crippen molar-refractivity contribution < 1.29 is 5.11 Å². The Bertz CT molecular complexity index is 179. The highest BCUT2D eigenvalue weighted by Crippen LogP contribution is 2.37. The summed E-state index contributed by atoms with van der Waals surface area (Å²) < 4.78 is 0. The number of nitrogens with zero attached hydrogens (tertiary/aromatic N) is 1. The van der Waals surface area contributed by atoms with E-state index >= 15 is 0 Å². The quantitative estimate of drug-likeness (QED) is 0.590. The third-order valence-electron chi connectivity index (χ3n) is 3.89. The third-order valence-corrected chi connectivity index (χ3v) is 3.89. The van der Waals surface area contributed by atoms with Crippen molar-refractivity contribution >= 4 is 0 Å². The van der Waals surface area contributed by atoms with Gasteiger partial charge in [-0.3, -0.25) is 4.90 Å². The number of aliphatic hydroxyl groups is 1. The molecule has 2 heteroatoms. The van der Waals surface area contributed by atoms with Crippen LogP contribution >= 0.6 is 0 Å². The Hall–Kier alpha value is -0.0800. The topological polar surface area (TPSA) is 23.5 Å². The van der Waals surface area contributed by atoms with Gasteiger partial charge in [0.1, 0.15) is 0 Å². The molecule has 2 aliphatic heterocycles. The summed E-state index contributed by atoms with van der Waals surface area (Å²) in [5, 5.41) is 10.3. The zero-order valence-corrected chi connectivity index (χ0v) is 8.08. The number of hydrogen-bond acceptors (Lipinski definition) is 2. The molecular formula is C10H19NO. The van der Waals surface area contributed by atoms with Gasteiger partial charge >= 0.3 is 0 Å². The van der Waals surface area contributed by atoms with Crippen LogP contribution in [0.4, 0.5) is 0 Å². The molecule has 0 amide bonds. The van der Waals surface area contributed by atoms with Crippen LogP contribution in [0.15, 0.2) is 0 Å². The van der Waals surface area contributed by atoms with E-state index in [1.54, 1.807) is 0 Å². The van der Waals surface area contributed by atoms with Gasteiger partial charge in [-0.2, -0.15) is 0 Å². The fourth-order valence-corrected chi connectivity index (χ4v) is 2.74. The normalized spacial score (nSPS) is 49.2. The lowest BCUT2D eigenvalue weighted by molar-refractivity contribution is -0.0891. The molecule has 0 saturated carbocycles. The van der Waals surface area contributed by atoms with E-state index in [2.05, 4.69) is 11.8 Å². The van der Waals surface area contributed by atoms with Crippen LogP contribution in [0.5, 0.6) is 0 Å². The summed E-state index contributed by atoms with van der Waals surface area (Å²) in [6.45, 7) is 6.59. The summed E-state index contributed by atoms with van der Waals surface area (Å²) in [6.07, 6.45) is 3.62. The largest absolute Gasteiger partial charge is 0.388 e. The fourth-order valence-electron chi connectivity index (χ4n) is 2.74. The lowest BCUT2D eigenvalue weighted by Gasteiger charge is -2.45. The minimum absolute atomic E-state index is 0.436. The van der Waals surface area contributed by atoms with Crippen molar-refractivity contribution in [2.24, 2.45) is 5.92 Å². The van der Waals surface area contributed by atoms with Gasteiger partial charge in [0.15, 0.2) is 0 Å². The smallest absolute Gasteiger partial charge is 0.0800 e. The molecule has 12 heavy (non-hydrogen) atoms.